The average Bonchev–Trinajstić information content (AvgIpc) is 2.75. The number of ether oxygens (including phenoxy) is 1. The van der Waals surface area contributed by atoms with E-state index in [2.05, 4.69) is 24.3 Å². The molecule has 0 spiro atoms. The maximum absolute atomic E-state index is 9.54. The standard InChI is InChI=1S/C15H19NO/c1-17-11-5-4-9-15(12-16)10-8-13-6-2-3-7-14(13)15/h2-3,6-7H,4-5,8-11H2,1H3. The highest BCUT2D eigenvalue weighted by atomic mass is 16.5. The first-order chi connectivity index (χ1) is 8.32. The highest BCUT2D eigenvalue weighted by Gasteiger charge is 2.37. The van der Waals surface area contributed by atoms with Crippen molar-refractivity contribution < 1.29 is 4.74 Å². The van der Waals surface area contributed by atoms with Crippen LogP contribution in [-0.4, -0.2) is 13.7 Å². The van der Waals surface area contributed by atoms with Crippen LogP contribution in [-0.2, 0) is 16.6 Å². The zero-order chi connectivity index (χ0) is 12.1. The molecule has 0 heterocycles. The van der Waals surface area contributed by atoms with E-state index in [0.717, 1.165) is 38.7 Å². The molecule has 2 rings (SSSR count). The zero-order valence-electron chi connectivity index (χ0n) is 10.4. The minimum atomic E-state index is -0.232. The van der Waals surface area contributed by atoms with Crippen LogP contribution >= 0.6 is 0 Å². The van der Waals surface area contributed by atoms with Crippen LogP contribution in [0, 0.1) is 11.3 Å². The molecular formula is C15H19NO. The third-order valence-corrected chi connectivity index (χ3v) is 3.77. The predicted octanol–water partition coefficient (Wildman–Crippen LogP) is 3.21. The van der Waals surface area contributed by atoms with Crippen LogP contribution in [0.4, 0.5) is 0 Å². The van der Waals surface area contributed by atoms with Gasteiger partial charge in [0.25, 0.3) is 0 Å². The molecule has 0 amide bonds. The van der Waals surface area contributed by atoms with Crippen molar-refractivity contribution in [3.8, 4) is 6.07 Å². The minimum Gasteiger partial charge on any atom is -0.385 e. The van der Waals surface area contributed by atoms with Crippen LogP contribution in [0.2, 0.25) is 0 Å². The molecule has 0 aromatic heterocycles. The summed E-state index contributed by atoms with van der Waals surface area (Å²) in [6.45, 7) is 0.795. The fourth-order valence-electron chi connectivity index (χ4n) is 2.79. The van der Waals surface area contributed by atoms with Gasteiger partial charge in [0, 0.05) is 13.7 Å². The maximum atomic E-state index is 9.54. The van der Waals surface area contributed by atoms with E-state index in [1.165, 1.54) is 11.1 Å². The summed E-state index contributed by atoms with van der Waals surface area (Å²) >= 11 is 0. The molecule has 0 saturated heterocycles. The van der Waals surface area contributed by atoms with Crippen molar-refractivity contribution in [1.29, 1.82) is 5.26 Å². The Morgan fingerprint density at radius 2 is 2.18 bits per heavy atom. The number of nitrogens with zero attached hydrogens (tertiary/aromatic N) is 1. The summed E-state index contributed by atoms with van der Waals surface area (Å²) in [6.07, 6.45) is 5.10. The summed E-state index contributed by atoms with van der Waals surface area (Å²) in [5.74, 6) is 0. The Kier molecular flexibility index (Phi) is 3.81. The van der Waals surface area contributed by atoms with Gasteiger partial charge in [-0.1, -0.05) is 24.3 Å². The fraction of sp³-hybridized carbons (Fsp3) is 0.533. The second-order valence-electron chi connectivity index (χ2n) is 4.80. The van der Waals surface area contributed by atoms with E-state index in [1.807, 2.05) is 6.07 Å². The maximum Gasteiger partial charge on any atom is 0.0828 e. The molecule has 0 aliphatic heterocycles. The lowest BCUT2D eigenvalue weighted by Gasteiger charge is -2.22. The summed E-state index contributed by atoms with van der Waals surface area (Å²) in [5.41, 5.74) is 2.39. The molecule has 17 heavy (non-hydrogen) atoms. The van der Waals surface area contributed by atoms with Gasteiger partial charge in [0.2, 0.25) is 0 Å². The van der Waals surface area contributed by atoms with Gasteiger partial charge in [0.1, 0.15) is 0 Å². The van der Waals surface area contributed by atoms with Gasteiger partial charge in [0.15, 0.2) is 0 Å². The molecule has 1 aromatic rings. The molecule has 2 nitrogen and oxygen atoms in total. The normalized spacial score (nSPS) is 22.1. The first-order valence-corrected chi connectivity index (χ1v) is 6.31. The Morgan fingerprint density at radius 1 is 1.35 bits per heavy atom. The number of hydrogen-bond acceptors (Lipinski definition) is 2. The second-order valence-corrected chi connectivity index (χ2v) is 4.80. The number of fused-ring (bicyclic) bond motifs is 1. The fourth-order valence-corrected chi connectivity index (χ4v) is 2.79. The monoisotopic (exact) mass is 229 g/mol. The number of aryl methyl sites for hydroxylation is 1. The lowest BCUT2D eigenvalue weighted by molar-refractivity contribution is 0.190. The molecule has 0 fully saturated rings. The lowest BCUT2D eigenvalue weighted by atomic mass is 9.79. The Hall–Kier alpha value is -1.33. The van der Waals surface area contributed by atoms with Gasteiger partial charge in [-0.25, -0.2) is 0 Å². The Balaban J connectivity index is 2.09. The van der Waals surface area contributed by atoms with Crippen molar-refractivity contribution in [2.45, 2.75) is 37.5 Å². The van der Waals surface area contributed by atoms with Gasteiger partial charge in [-0.3, -0.25) is 0 Å². The quantitative estimate of drug-likeness (QED) is 0.726. The van der Waals surface area contributed by atoms with E-state index in [9.17, 15) is 5.26 Å². The van der Waals surface area contributed by atoms with Crippen LogP contribution in [0.1, 0.15) is 36.8 Å². The van der Waals surface area contributed by atoms with E-state index in [4.69, 9.17) is 4.74 Å². The van der Waals surface area contributed by atoms with Crippen LogP contribution in [0.15, 0.2) is 24.3 Å². The summed E-state index contributed by atoms with van der Waals surface area (Å²) in [6, 6.07) is 11.0. The molecule has 1 aliphatic carbocycles. The van der Waals surface area contributed by atoms with Gasteiger partial charge in [-0.15, -0.1) is 0 Å². The molecule has 0 saturated carbocycles. The van der Waals surface area contributed by atoms with Crippen molar-refractivity contribution in [3.63, 3.8) is 0 Å². The second kappa shape index (κ2) is 5.33. The van der Waals surface area contributed by atoms with Gasteiger partial charge < -0.3 is 4.74 Å². The SMILES string of the molecule is COCCCCC1(C#N)CCc2ccccc21. The summed E-state index contributed by atoms with van der Waals surface area (Å²) in [4.78, 5) is 0. The van der Waals surface area contributed by atoms with E-state index in [-0.39, 0.29) is 5.41 Å². The summed E-state index contributed by atoms with van der Waals surface area (Å²) in [5, 5.41) is 9.54. The minimum absolute atomic E-state index is 0.232. The van der Waals surface area contributed by atoms with Crippen LogP contribution < -0.4 is 0 Å². The molecule has 0 radical (unpaired) electrons. The summed E-state index contributed by atoms with van der Waals surface area (Å²) < 4.78 is 5.06. The number of methoxy groups -OCH3 is 1. The highest BCUT2D eigenvalue weighted by molar-refractivity contribution is 5.43. The first-order valence-electron chi connectivity index (χ1n) is 6.31. The van der Waals surface area contributed by atoms with E-state index >= 15 is 0 Å². The van der Waals surface area contributed by atoms with E-state index < -0.39 is 0 Å². The van der Waals surface area contributed by atoms with E-state index in [0.29, 0.717) is 0 Å². The Bertz CT molecular complexity index is 421. The molecular weight excluding hydrogens is 210 g/mol. The van der Waals surface area contributed by atoms with Crippen molar-refractivity contribution in [1.82, 2.24) is 0 Å². The van der Waals surface area contributed by atoms with Crippen LogP contribution in [0.5, 0.6) is 0 Å². The predicted molar refractivity (Wildman–Crippen MR) is 67.8 cm³/mol. The third kappa shape index (κ3) is 2.35. The average molecular weight is 229 g/mol. The smallest absolute Gasteiger partial charge is 0.0828 e. The van der Waals surface area contributed by atoms with Crippen molar-refractivity contribution in [2.24, 2.45) is 0 Å². The topological polar surface area (TPSA) is 33.0 Å². The molecule has 90 valence electrons. The summed E-state index contributed by atoms with van der Waals surface area (Å²) in [7, 11) is 1.73. The molecule has 1 atom stereocenters. The molecule has 1 aliphatic rings. The lowest BCUT2D eigenvalue weighted by Crippen LogP contribution is -2.20. The number of rotatable bonds is 5. The van der Waals surface area contributed by atoms with Crippen molar-refractivity contribution in [3.05, 3.63) is 35.4 Å². The van der Waals surface area contributed by atoms with Gasteiger partial charge in [-0.05, 0) is 43.2 Å². The number of nitriles is 1. The highest BCUT2D eigenvalue weighted by Crippen LogP contribution is 2.42. The van der Waals surface area contributed by atoms with Crippen molar-refractivity contribution in [2.75, 3.05) is 13.7 Å². The van der Waals surface area contributed by atoms with Gasteiger partial charge >= 0.3 is 0 Å². The molecule has 1 unspecified atom stereocenters. The van der Waals surface area contributed by atoms with Crippen molar-refractivity contribution >= 4 is 0 Å². The first kappa shape index (κ1) is 12.1. The van der Waals surface area contributed by atoms with Crippen LogP contribution in [0.25, 0.3) is 0 Å². The molecule has 1 aromatic carbocycles. The third-order valence-electron chi connectivity index (χ3n) is 3.77. The van der Waals surface area contributed by atoms with Gasteiger partial charge in [-0.2, -0.15) is 5.26 Å². The number of benzene rings is 1. The Labute approximate surface area is 103 Å². The van der Waals surface area contributed by atoms with Crippen LogP contribution in [0.3, 0.4) is 0 Å². The largest absolute Gasteiger partial charge is 0.385 e. The molecule has 0 bridgehead atoms. The van der Waals surface area contributed by atoms with E-state index in [1.54, 1.807) is 7.11 Å². The molecule has 2 heteroatoms. The zero-order valence-corrected chi connectivity index (χ0v) is 10.4. The Morgan fingerprint density at radius 3 is 2.94 bits per heavy atom. The number of unbranched alkanes of at least 4 members (excludes halogenated alkanes) is 1. The molecule has 0 N–H and O–H groups in total. The van der Waals surface area contributed by atoms with Gasteiger partial charge in [0.05, 0.1) is 11.5 Å². The number of hydrogen-bond donors (Lipinski definition) is 0.